The fourth-order valence-electron chi connectivity index (χ4n) is 2.45. The SMILES string of the molecule is CCn1c(C)cc(CNc2cnn(C(C)C)c2)c1C. The Balaban J connectivity index is 2.06. The van der Waals surface area contributed by atoms with Gasteiger partial charge in [-0.3, -0.25) is 4.68 Å². The first-order valence-electron chi connectivity index (χ1n) is 6.96. The van der Waals surface area contributed by atoms with Gasteiger partial charge in [0.25, 0.3) is 0 Å². The van der Waals surface area contributed by atoms with Crippen LogP contribution >= 0.6 is 0 Å². The van der Waals surface area contributed by atoms with Gasteiger partial charge in [-0.05, 0) is 46.2 Å². The van der Waals surface area contributed by atoms with Crippen molar-refractivity contribution in [2.24, 2.45) is 0 Å². The van der Waals surface area contributed by atoms with E-state index in [0.29, 0.717) is 6.04 Å². The zero-order chi connectivity index (χ0) is 14.0. The van der Waals surface area contributed by atoms with Crippen LogP contribution in [0.2, 0.25) is 0 Å². The molecule has 2 aromatic heterocycles. The first kappa shape index (κ1) is 13.7. The van der Waals surface area contributed by atoms with E-state index in [4.69, 9.17) is 0 Å². The average molecular weight is 260 g/mol. The third-order valence-electron chi connectivity index (χ3n) is 3.61. The number of nitrogens with one attached hydrogen (secondary N) is 1. The summed E-state index contributed by atoms with van der Waals surface area (Å²) in [5.74, 6) is 0. The van der Waals surface area contributed by atoms with Crippen LogP contribution in [0.3, 0.4) is 0 Å². The summed E-state index contributed by atoms with van der Waals surface area (Å²) in [6.45, 7) is 12.7. The second kappa shape index (κ2) is 5.51. The molecule has 0 saturated heterocycles. The molecule has 0 aliphatic heterocycles. The number of nitrogens with zero attached hydrogens (tertiary/aromatic N) is 3. The molecule has 104 valence electrons. The van der Waals surface area contributed by atoms with E-state index in [9.17, 15) is 0 Å². The van der Waals surface area contributed by atoms with Crippen LogP contribution in [0, 0.1) is 13.8 Å². The number of anilines is 1. The van der Waals surface area contributed by atoms with Gasteiger partial charge in [-0.1, -0.05) is 0 Å². The Morgan fingerprint density at radius 1 is 1.32 bits per heavy atom. The van der Waals surface area contributed by atoms with E-state index >= 15 is 0 Å². The Kier molecular flexibility index (Phi) is 3.98. The standard InChI is InChI=1S/C15H24N4/c1-6-18-12(4)7-14(13(18)5)8-16-15-9-17-19(10-15)11(2)3/h7,9-11,16H,6,8H2,1-5H3. The summed E-state index contributed by atoms with van der Waals surface area (Å²) < 4.78 is 4.31. The highest BCUT2D eigenvalue weighted by Gasteiger charge is 2.08. The monoisotopic (exact) mass is 260 g/mol. The van der Waals surface area contributed by atoms with Crippen molar-refractivity contribution in [1.29, 1.82) is 0 Å². The van der Waals surface area contributed by atoms with Crippen LogP contribution in [0.25, 0.3) is 0 Å². The van der Waals surface area contributed by atoms with Crippen LogP contribution in [0.15, 0.2) is 18.5 Å². The molecule has 0 bridgehead atoms. The Bertz CT molecular complexity index is 548. The van der Waals surface area contributed by atoms with Crippen molar-refractivity contribution < 1.29 is 0 Å². The molecule has 2 heterocycles. The normalized spacial score (nSPS) is 11.3. The molecular formula is C15H24N4. The van der Waals surface area contributed by atoms with E-state index in [-0.39, 0.29) is 0 Å². The highest BCUT2D eigenvalue weighted by atomic mass is 15.3. The van der Waals surface area contributed by atoms with Gasteiger partial charge in [0.2, 0.25) is 0 Å². The molecule has 0 radical (unpaired) electrons. The van der Waals surface area contributed by atoms with E-state index < -0.39 is 0 Å². The molecular weight excluding hydrogens is 236 g/mol. The third kappa shape index (κ3) is 2.83. The molecule has 19 heavy (non-hydrogen) atoms. The molecule has 0 fully saturated rings. The van der Waals surface area contributed by atoms with Gasteiger partial charge < -0.3 is 9.88 Å². The Morgan fingerprint density at radius 3 is 2.58 bits per heavy atom. The number of aromatic nitrogens is 3. The summed E-state index contributed by atoms with van der Waals surface area (Å²) in [6, 6.07) is 2.67. The molecule has 0 aliphatic rings. The maximum atomic E-state index is 4.34. The summed E-state index contributed by atoms with van der Waals surface area (Å²) >= 11 is 0. The summed E-state index contributed by atoms with van der Waals surface area (Å²) in [5, 5.41) is 7.78. The van der Waals surface area contributed by atoms with Crippen molar-refractivity contribution in [3.05, 3.63) is 35.4 Å². The lowest BCUT2D eigenvalue weighted by Crippen LogP contribution is -2.03. The van der Waals surface area contributed by atoms with E-state index in [1.165, 1.54) is 17.0 Å². The fraction of sp³-hybridized carbons (Fsp3) is 0.533. The van der Waals surface area contributed by atoms with Crippen LogP contribution in [-0.2, 0) is 13.1 Å². The third-order valence-corrected chi connectivity index (χ3v) is 3.61. The van der Waals surface area contributed by atoms with Crippen molar-refractivity contribution in [3.8, 4) is 0 Å². The minimum Gasteiger partial charge on any atom is -0.378 e. The van der Waals surface area contributed by atoms with Gasteiger partial charge in [0.1, 0.15) is 0 Å². The van der Waals surface area contributed by atoms with Gasteiger partial charge in [0.15, 0.2) is 0 Å². The summed E-state index contributed by atoms with van der Waals surface area (Å²) in [4.78, 5) is 0. The van der Waals surface area contributed by atoms with Crippen LogP contribution in [0.4, 0.5) is 5.69 Å². The number of hydrogen-bond donors (Lipinski definition) is 1. The lowest BCUT2D eigenvalue weighted by molar-refractivity contribution is 0.532. The Hall–Kier alpha value is -1.71. The topological polar surface area (TPSA) is 34.8 Å². The zero-order valence-corrected chi connectivity index (χ0v) is 12.6. The fourth-order valence-corrected chi connectivity index (χ4v) is 2.45. The van der Waals surface area contributed by atoms with Crippen molar-refractivity contribution in [3.63, 3.8) is 0 Å². The molecule has 0 atom stereocenters. The van der Waals surface area contributed by atoms with E-state index in [0.717, 1.165) is 18.8 Å². The lowest BCUT2D eigenvalue weighted by atomic mass is 10.2. The number of rotatable bonds is 5. The zero-order valence-electron chi connectivity index (χ0n) is 12.6. The quantitative estimate of drug-likeness (QED) is 0.892. The first-order valence-corrected chi connectivity index (χ1v) is 6.96. The molecule has 1 N–H and O–H groups in total. The Labute approximate surface area is 115 Å². The van der Waals surface area contributed by atoms with Crippen molar-refractivity contribution in [1.82, 2.24) is 14.3 Å². The van der Waals surface area contributed by atoms with Crippen LogP contribution in [-0.4, -0.2) is 14.3 Å². The van der Waals surface area contributed by atoms with E-state index in [2.05, 4.69) is 61.9 Å². The van der Waals surface area contributed by atoms with Crippen molar-refractivity contribution in [2.45, 2.75) is 53.8 Å². The summed E-state index contributed by atoms with van der Waals surface area (Å²) in [7, 11) is 0. The van der Waals surface area contributed by atoms with Gasteiger partial charge in [0.05, 0.1) is 11.9 Å². The second-order valence-electron chi connectivity index (χ2n) is 5.30. The Morgan fingerprint density at radius 2 is 2.05 bits per heavy atom. The molecule has 0 spiro atoms. The maximum Gasteiger partial charge on any atom is 0.0729 e. The average Bonchev–Trinajstić information content (AvgIpc) is 2.92. The predicted octanol–water partition coefficient (Wildman–Crippen LogP) is 3.51. The van der Waals surface area contributed by atoms with Crippen LogP contribution in [0.1, 0.15) is 43.8 Å². The number of aryl methyl sites for hydroxylation is 1. The minimum atomic E-state index is 0.403. The summed E-state index contributed by atoms with van der Waals surface area (Å²) in [6.07, 6.45) is 3.95. The largest absolute Gasteiger partial charge is 0.378 e. The lowest BCUT2D eigenvalue weighted by Gasteiger charge is -2.07. The molecule has 0 amide bonds. The smallest absolute Gasteiger partial charge is 0.0729 e. The van der Waals surface area contributed by atoms with Crippen molar-refractivity contribution in [2.75, 3.05) is 5.32 Å². The predicted molar refractivity (Wildman–Crippen MR) is 79.5 cm³/mol. The molecule has 4 heteroatoms. The first-order chi connectivity index (χ1) is 9.02. The van der Waals surface area contributed by atoms with Crippen LogP contribution in [0.5, 0.6) is 0 Å². The molecule has 2 rings (SSSR count). The molecule has 4 nitrogen and oxygen atoms in total. The summed E-state index contributed by atoms with van der Waals surface area (Å²) in [5.41, 5.74) is 5.12. The van der Waals surface area contributed by atoms with Gasteiger partial charge in [0, 0.05) is 36.7 Å². The molecule has 0 saturated carbocycles. The molecule has 0 unspecified atom stereocenters. The molecule has 0 aromatic carbocycles. The van der Waals surface area contributed by atoms with E-state index in [1.807, 2.05) is 10.9 Å². The van der Waals surface area contributed by atoms with Gasteiger partial charge in [-0.2, -0.15) is 5.10 Å². The van der Waals surface area contributed by atoms with E-state index in [1.54, 1.807) is 0 Å². The van der Waals surface area contributed by atoms with Crippen LogP contribution < -0.4 is 5.32 Å². The minimum absolute atomic E-state index is 0.403. The van der Waals surface area contributed by atoms with Gasteiger partial charge >= 0.3 is 0 Å². The van der Waals surface area contributed by atoms with Crippen molar-refractivity contribution >= 4 is 5.69 Å². The maximum absolute atomic E-state index is 4.34. The molecule has 0 aliphatic carbocycles. The van der Waals surface area contributed by atoms with Gasteiger partial charge in [-0.25, -0.2) is 0 Å². The highest BCUT2D eigenvalue weighted by Crippen LogP contribution is 2.17. The molecule has 2 aromatic rings. The second-order valence-corrected chi connectivity index (χ2v) is 5.30. The highest BCUT2D eigenvalue weighted by molar-refractivity contribution is 5.40. The number of hydrogen-bond acceptors (Lipinski definition) is 2. The van der Waals surface area contributed by atoms with Gasteiger partial charge in [-0.15, -0.1) is 0 Å².